The van der Waals surface area contributed by atoms with Crippen LogP contribution in [0.15, 0.2) is 12.3 Å². The van der Waals surface area contributed by atoms with Gasteiger partial charge in [-0.2, -0.15) is 0 Å². The van der Waals surface area contributed by atoms with E-state index in [0.29, 0.717) is 18.4 Å². The third-order valence-electron chi connectivity index (χ3n) is 4.52. The largest absolute Gasteiger partial charge is 0.354 e. The van der Waals surface area contributed by atoms with Gasteiger partial charge in [-0.1, -0.05) is 0 Å². The standard InChI is InChI=1S/C15H23N5O3S/c1-10-16-6-5-14(18-10)20-8-12(11-3-4-11)13(9-20)19-15(21)7-17-24(2,22)23/h5-6,11-13,17H,3-4,7-9H2,1-2H3,(H,19,21)/t12-,13+/m1/s1. The van der Waals surface area contributed by atoms with Crippen LogP contribution >= 0.6 is 0 Å². The lowest BCUT2D eigenvalue weighted by atomic mass is 9.98. The van der Waals surface area contributed by atoms with Gasteiger partial charge >= 0.3 is 0 Å². The van der Waals surface area contributed by atoms with Crippen LogP contribution in [0.3, 0.4) is 0 Å². The van der Waals surface area contributed by atoms with Crippen molar-refractivity contribution < 1.29 is 13.2 Å². The molecule has 2 heterocycles. The zero-order valence-corrected chi connectivity index (χ0v) is 14.7. The van der Waals surface area contributed by atoms with E-state index in [1.54, 1.807) is 6.20 Å². The lowest BCUT2D eigenvalue weighted by Crippen LogP contribution is -2.45. The Hall–Kier alpha value is -1.74. The molecule has 1 saturated heterocycles. The molecule has 1 saturated carbocycles. The van der Waals surface area contributed by atoms with Crippen molar-refractivity contribution in [1.29, 1.82) is 0 Å². The van der Waals surface area contributed by atoms with Crippen LogP contribution in [0.25, 0.3) is 0 Å². The van der Waals surface area contributed by atoms with Gasteiger partial charge in [0, 0.05) is 25.2 Å². The first kappa shape index (κ1) is 17.1. The lowest BCUT2D eigenvalue weighted by Gasteiger charge is -2.19. The third-order valence-corrected chi connectivity index (χ3v) is 5.19. The molecule has 0 radical (unpaired) electrons. The number of carbonyl (C=O) groups is 1. The van der Waals surface area contributed by atoms with Crippen LogP contribution in [0.1, 0.15) is 18.7 Å². The summed E-state index contributed by atoms with van der Waals surface area (Å²) in [6, 6.07) is 1.90. The fourth-order valence-electron chi connectivity index (χ4n) is 3.25. The Morgan fingerprint density at radius 1 is 1.38 bits per heavy atom. The van der Waals surface area contributed by atoms with Gasteiger partial charge in [-0.25, -0.2) is 23.1 Å². The van der Waals surface area contributed by atoms with Crippen molar-refractivity contribution >= 4 is 21.7 Å². The normalized spacial score (nSPS) is 24.2. The molecule has 0 bridgehead atoms. The molecule has 2 N–H and O–H groups in total. The molecule has 0 unspecified atom stereocenters. The number of hydrogen-bond donors (Lipinski definition) is 2. The van der Waals surface area contributed by atoms with Crippen LogP contribution < -0.4 is 14.9 Å². The minimum Gasteiger partial charge on any atom is -0.354 e. The van der Waals surface area contributed by atoms with Gasteiger partial charge in [0.25, 0.3) is 0 Å². The molecule has 3 rings (SSSR count). The van der Waals surface area contributed by atoms with Gasteiger partial charge in [-0.3, -0.25) is 4.79 Å². The number of rotatable bonds is 6. The van der Waals surface area contributed by atoms with Crippen molar-refractivity contribution in [2.45, 2.75) is 25.8 Å². The van der Waals surface area contributed by atoms with Crippen LogP contribution in [-0.2, 0) is 14.8 Å². The Morgan fingerprint density at radius 3 is 2.75 bits per heavy atom. The second kappa shape index (κ2) is 6.64. The van der Waals surface area contributed by atoms with Crippen molar-refractivity contribution in [3.63, 3.8) is 0 Å². The van der Waals surface area contributed by atoms with E-state index in [0.717, 1.165) is 24.4 Å². The molecule has 1 aliphatic carbocycles. The molecular formula is C15H23N5O3S. The highest BCUT2D eigenvalue weighted by atomic mass is 32.2. The van der Waals surface area contributed by atoms with Crippen LogP contribution in [-0.4, -0.2) is 56.2 Å². The average molecular weight is 353 g/mol. The number of hydrogen-bond acceptors (Lipinski definition) is 6. The number of amides is 1. The molecule has 0 spiro atoms. The summed E-state index contributed by atoms with van der Waals surface area (Å²) >= 11 is 0. The number of aryl methyl sites for hydroxylation is 1. The zero-order chi connectivity index (χ0) is 17.3. The molecule has 1 aromatic heterocycles. The summed E-state index contributed by atoms with van der Waals surface area (Å²) < 4.78 is 24.5. The van der Waals surface area contributed by atoms with Gasteiger partial charge in [0.2, 0.25) is 15.9 Å². The van der Waals surface area contributed by atoms with E-state index in [1.807, 2.05) is 13.0 Å². The molecule has 2 atom stereocenters. The maximum atomic E-state index is 12.0. The van der Waals surface area contributed by atoms with E-state index < -0.39 is 10.0 Å². The van der Waals surface area contributed by atoms with Crippen LogP contribution in [0.2, 0.25) is 0 Å². The van der Waals surface area contributed by atoms with Crippen molar-refractivity contribution in [3.05, 3.63) is 18.1 Å². The quantitative estimate of drug-likeness (QED) is 0.725. The number of nitrogens with one attached hydrogen (secondary N) is 2. The number of carbonyl (C=O) groups excluding carboxylic acids is 1. The summed E-state index contributed by atoms with van der Waals surface area (Å²) in [4.78, 5) is 22.8. The molecule has 0 aromatic carbocycles. The van der Waals surface area contributed by atoms with E-state index in [4.69, 9.17) is 0 Å². The highest BCUT2D eigenvalue weighted by Gasteiger charge is 2.43. The van der Waals surface area contributed by atoms with E-state index in [-0.39, 0.29) is 18.5 Å². The second-order valence-corrected chi connectivity index (χ2v) is 8.47. The van der Waals surface area contributed by atoms with Gasteiger partial charge < -0.3 is 10.2 Å². The van der Waals surface area contributed by atoms with Gasteiger partial charge in [-0.15, -0.1) is 0 Å². The van der Waals surface area contributed by atoms with Gasteiger partial charge in [0.15, 0.2) is 0 Å². The maximum absolute atomic E-state index is 12.0. The Balaban J connectivity index is 1.64. The average Bonchev–Trinajstić information content (AvgIpc) is 3.26. The highest BCUT2D eigenvalue weighted by Crippen LogP contribution is 2.42. The molecule has 132 valence electrons. The first-order valence-corrected chi connectivity index (χ1v) is 9.99. The third kappa shape index (κ3) is 4.41. The smallest absolute Gasteiger partial charge is 0.235 e. The first-order valence-electron chi connectivity index (χ1n) is 8.10. The van der Waals surface area contributed by atoms with Gasteiger partial charge in [0.1, 0.15) is 11.6 Å². The Morgan fingerprint density at radius 2 is 2.12 bits per heavy atom. The Bertz CT molecular complexity index is 720. The number of aromatic nitrogens is 2. The number of nitrogens with zero attached hydrogens (tertiary/aromatic N) is 3. The highest BCUT2D eigenvalue weighted by molar-refractivity contribution is 7.88. The molecule has 8 nitrogen and oxygen atoms in total. The summed E-state index contributed by atoms with van der Waals surface area (Å²) in [5.41, 5.74) is 0. The monoisotopic (exact) mass is 353 g/mol. The summed E-state index contributed by atoms with van der Waals surface area (Å²) in [6.07, 6.45) is 5.16. The molecule has 1 aliphatic heterocycles. The van der Waals surface area contributed by atoms with Crippen molar-refractivity contribution in [3.8, 4) is 0 Å². The Labute approximate surface area is 142 Å². The molecule has 9 heteroatoms. The second-order valence-electron chi connectivity index (χ2n) is 6.64. The Kier molecular flexibility index (Phi) is 4.73. The summed E-state index contributed by atoms with van der Waals surface area (Å²) in [7, 11) is -3.37. The number of sulfonamides is 1. The summed E-state index contributed by atoms with van der Waals surface area (Å²) in [6.45, 7) is 3.17. The summed E-state index contributed by atoms with van der Waals surface area (Å²) in [5.74, 6) is 2.31. The predicted octanol–water partition coefficient (Wildman–Crippen LogP) is -0.335. The zero-order valence-electron chi connectivity index (χ0n) is 13.9. The van der Waals surface area contributed by atoms with Crippen LogP contribution in [0, 0.1) is 18.8 Å². The fraction of sp³-hybridized carbons (Fsp3) is 0.667. The van der Waals surface area contributed by atoms with Crippen molar-refractivity contribution in [2.24, 2.45) is 11.8 Å². The van der Waals surface area contributed by atoms with Crippen molar-refractivity contribution in [1.82, 2.24) is 20.0 Å². The molecule has 1 amide bonds. The maximum Gasteiger partial charge on any atom is 0.235 e. The fourth-order valence-corrected chi connectivity index (χ4v) is 3.64. The SMILES string of the molecule is Cc1nccc(N2C[C@H](NC(=O)CNS(C)(=O)=O)[C@@H](C3CC3)C2)n1. The minimum atomic E-state index is -3.37. The van der Waals surface area contributed by atoms with Crippen molar-refractivity contribution in [2.75, 3.05) is 30.8 Å². The van der Waals surface area contributed by atoms with E-state index >= 15 is 0 Å². The van der Waals surface area contributed by atoms with E-state index in [9.17, 15) is 13.2 Å². The van der Waals surface area contributed by atoms with E-state index in [1.165, 1.54) is 12.8 Å². The molecular weight excluding hydrogens is 330 g/mol. The minimum absolute atomic E-state index is 0.0154. The van der Waals surface area contributed by atoms with Crippen LogP contribution in [0.4, 0.5) is 5.82 Å². The molecule has 2 fully saturated rings. The molecule has 24 heavy (non-hydrogen) atoms. The molecule has 1 aromatic rings. The van der Waals surface area contributed by atoms with Crippen LogP contribution in [0.5, 0.6) is 0 Å². The topological polar surface area (TPSA) is 104 Å². The number of anilines is 1. The lowest BCUT2D eigenvalue weighted by molar-refractivity contribution is -0.120. The van der Waals surface area contributed by atoms with Gasteiger partial charge in [-0.05, 0) is 31.7 Å². The molecule has 2 aliphatic rings. The first-order chi connectivity index (χ1) is 11.3. The predicted molar refractivity (Wildman–Crippen MR) is 90.0 cm³/mol. The summed E-state index contributed by atoms with van der Waals surface area (Å²) in [5, 5.41) is 2.99. The van der Waals surface area contributed by atoms with Gasteiger partial charge in [0.05, 0.1) is 18.8 Å². The van der Waals surface area contributed by atoms with E-state index in [2.05, 4.69) is 24.9 Å².